The molecule has 0 aliphatic carbocycles. The van der Waals surface area contributed by atoms with Gasteiger partial charge in [0.1, 0.15) is 0 Å². The molecule has 3 aromatic rings. The second-order valence-electron chi connectivity index (χ2n) is 5.68. The molecule has 0 radical (unpaired) electrons. The van der Waals surface area contributed by atoms with Crippen molar-refractivity contribution in [1.82, 2.24) is 0 Å². The molecule has 0 N–H and O–H groups in total. The van der Waals surface area contributed by atoms with E-state index < -0.39 is 5.97 Å². The van der Waals surface area contributed by atoms with Crippen molar-refractivity contribution in [3.63, 3.8) is 0 Å². The summed E-state index contributed by atoms with van der Waals surface area (Å²) in [5.41, 5.74) is 2.28. The lowest BCUT2D eigenvalue weighted by atomic mass is 10.0. The van der Waals surface area contributed by atoms with Crippen LogP contribution in [0, 0.1) is 0 Å². The fourth-order valence-corrected chi connectivity index (χ4v) is 2.75. The van der Waals surface area contributed by atoms with Crippen LogP contribution in [-0.4, -0.2) is 11.9 Å². The van der Waals surface area contributed by atoms with E-state index >= 15 is 0 Å². The Morgan fingerprint density at radius 1 is 0.800 bits per heavy atom. The molecule has 0 atom stereocenters. The molecular weight excluding hydrogens is 310 g/mol. The van der Waals surface area contributed by atoms with Gasteiger partial charge in [-0.1, -0.05) is 72.8 Å². The first-order valence-corrected chi connectivity index (χ1v) is 8.03. The fraction of sp³-hybridized carbons (Fsp3) is 0. The summed E-state index contributed by atoms with van der Waals surface area (Å²) in [5, 5.41) is 2.20. The Balaban J connectivity index is 1.66. The summed E-state index contributed by atoms with van der Waals surface area (Å²) < 4.78 is 5.24. The molecule has 120 valence electrons. The van der Waals surface area contributed by atoms with Crippen molar-refractivity contribution in [2.75, 3.05) is 0 Å². The van der Waals surface area contributed by atoms with Crippen molar-refractivity contribution >= 4 is 34.8 Å². The highest BCUT2D eigenvalue weighted by molar-refractivity contribution is 6.12. The topological polar surface area (TPSA) is 38.7 Å². The minimum atomic E-state index is -0.430. The largest absolute Gasteiger partial charge is 0.403 e. The molecule has 0 bridgehead atoms. The van der Waals surface area contributed by atoms with Crippen LogP contribution in [-0.2, 0) is 9.53 Å². The van der Waals surface area contributed by atoms with Gasteiger partial charge in [-0.25, -0.2) is 9.79 Å². The van der Waals surface area contributed by atoms with Crippen molar-refractivity contribution in [1.29, 1.82) is 0 Å². The minimum absolute atomic E-state index is 0.306. The summed E-state index contributed by atoms with van der Waals surface area (Å²) in [6.07, 6.45) is 5.35. The first-order valence-electron chi connectivity index (χ1n) is 8.03. The van der Waals surface area contributed by atoms with Gasteiger partial charge < -0.3 is 4.74 Å². The summed E-state index contributed by atoms with van der Waals surface area (Å²) in [4.78, 5) is 16.4. The number of benzene rings is 3. The van der Waals surface area contributed by atoms with E-state index in [1.807, 2.05) is 78.9 Å². The van der Waals surface area contributed by atoms with Crippen LogP contribution >= 0.6 is 0 Å². The number of hydrogen-bond acceptors (Lipinski definition) is 3. The average Bonchev–Trinajstić information content (AvgIpc) is 3.01. The molecule has 4 rings (SSSR count). The zero-order valence-electron chi connectivity index (χ0n) is 13.4. The number of fused-ring (bicyclic) bond motifs is 1. The van der Waals surface area contributed by atoms with Gasteiger partial charge in [-0.3, -0.25) is 0 Å². The molecular formula is C22H15NO2. The van der Waals surface area contributed by atoms with Crippen LogP contribution < -0.4 is 0 Å². The summed E-state index contributed by atoms with van der Waals surface area (Å²) in [5.74, 6) is -0.124. The normalized spacial score (nSPS) is 15.8. The van der Waals surface area contributed by atoms with E-state index in [-0.39, 0.29) is 0 Å². The number of rotatable bonds is 3. The van der Waals surface area contributed by atoms with E-state index in [0.29, 0.717) is 11.6 Å². The van der Waals surface area contributed by atoms with Gasteiger partial charge >= 0.3 is 5.97 Å². The molecule has 1 aliphatic heterocycles. The molecule has 0 saturated heterocycles. The predicted octanol–water partition coefficient (Wildman–Crippen LogP) is 4.85. The maximum Gasteiger partial charge on any atom is 0.363 e. The van der Waals surface area contributed by atoms with E-state index in [9.17, 15) is 4.79 Å². The maximum absolute atomic E-state index is 12.1. The Morgan fingerprint density at radius 2 is 1.56 bits per heavy atom. The zero-order valence-corrected chi connectivity index (χ0v) is 13.4. The number of ether oxygens (including phenoxy) is 1. The molecule has 0 spiro atoms. The summed E-state index contributed by atoms with van der Waals surface area (Å²) in [6.45, 7) is 0. The second-order valence-corrected chi connectivity index (χ2v) is 5.68. The first-order chi connectivity index (χ1) is 12.3. The Morgan fingerprint density at radius 3 is 2.44 bits per heavy atom. The Bertz CT molecular complexity index is 1020. The fourth-order valence-electron chi connectivity index (χ4n) is 2.75. The van der Waals surface area contributed by atoms with Crippen LogP contribution in [0.3, 0.4) is 0 Å². The molecule has 3 heteroatoms. The number of hydrogen-bond donors (Lipinski definition) is 0. The standard InChI is InChI=1S/C22H15NO2/c24-22-20(15-18-11-6-10-17-9-4-5-12-19(17)18)23-21(25-22)14-13-16-7-2-1-3-8-16/h1-15H/b14-13+,20-15?. The minimum Gasteiger partial charge on any atom is -0.403 e. The number of carbonyl (C=O) groups excluding carboxylic acids is 1. The van der Waals surface area contributed by atoms with Gasteiger partial charge in [0.25, 0.3) is 0 Å². The molecule has 1 aliphatic rings. The number of cyclic esters (lactones) is 1. The van der Waals surface area contributed by atoms with Gasteiger partial charge in [-0.2, -0.15) is 0 Å². The van der Waals surface area contributed by atoms with Crippen LogP contribution in [0.15, 0.2) is 89.6 Å². The maximum atomic E-state index is 12.1. The molecule has 3 aromatic carbocycles. The summed E-state index contributed by atoms with van der Waals surface area (Å²) >= 11 is 0. The van der Waals surface area contributed by atoms with Gasteiger partial charge in [-0.15, -0.1) is 0 Å². The highest BCUT2D eigenvalue weighted by atomic mass is 16.6. The SMILES string of the molecule is O=C1OC(/C=C/c2ccccc2)=NC1=Cc1cccc2ccccc12. The molecule has 1 heterocycles. The monoisotopic (exact) mass is 325 g/mol. The van der Waals surface area contributed by atoms with Gasteiger partial charge in [0.05, 0.1) is 0 Å². The molecule has 25 heavy (non-hydrogen) atoms. The smallest absolute Gasteiger partial charge is 0.363 e. The molecule has 0 aromatic heterocycles. The number of nitrogens with zero attached hydrogens (tertiary/aromatic N) is 1. The van der Waals surface area contributed by atoms with E-state index in [1.54, 1.807) is 12.2 Å². The van der Waals surface area contributed by atoms with Crippen molar-refractivity contribution in [3.8, 4) is 0 Å². The van der Waals surface area contributed by atoms with Crippen LogP contribution in [0.2, 0.25) is 0 Å². The van der Waals surface area contributed by atoms with Crippen LogP contribution in [0.1, 0.15) is 11.1 Å². The quantitative estimate of drug-likeness (QED) is 0.510. The number of aliphatic imine (C=N–C) groups is 1. The Hall–Kier alpha value is -3.46. The highest BCUT2D eigenvalue weighted by Crippen LogP contribution is 2.23. The van der Waals surface area contributed by atoms with Crippen molar-refractivity contribution in [2.24, 2.45) is 4.99 Å². The predicted molar refractivity (Wildman–Crippen MR) is 101 cm³/mol. The highest BCUT2D eigenvalue weighted by Gasteiger charge is 2.21. The number of esters is 1. The first kappa shape index (κ1) is 15.1. The van der Waals surface area contributed by atoms with Gasteiger partial charge in [-0.05, 0) is 34.1 Å². The van der Waals surface area contributed by atoms with Gasteiger partial charge in [0.2, 0.25) is 5.90 Å². The summed E-state index contributed by atoms with van der Waals surface area (Å²) in [7, 11) is 0. The Kier molecular flexibility index (Phi) is 3.97. The van der Waals surface area contributed by atoms with E-state index in [1.165, 1.54) is 0 Å². The summed E-state index contributed by atoms with van der Waals surface area (Å²) in [6, 6.07) is 23.8. The van der Waals surface area contributed by atoms with Crippen molar-refractivity contribution in [2.45, 2.75) is 0 Å². The van der Waals surface area contributed by atoms with Gasteiger partial charge in [0, 0.05) is 6.08 Å². The molecule has 0 amide bonds. The van der Waals surface area contributed by atoms with E-state index in [4.69, 9.17) is 4.74 Å². The van der Waals surface area contributed by atoms with E-state index in [0.717, 1.165) is 21.9 Å². The molecule has 3 nitrogen and oxygen atoms in total. The Labute approximate surface area is 145 Å². The third-order valence-electron chi connectivity index (χ3n) is 3.97. The van der Waals surface area contributed by atoms with Gasteiger partial charge in [0.15, 0.2) is 5.70 Å². The van der Waals surface area contributed by atoms with Crippen LogP contribution in [0.5, 0.6) is 0 Å². The lowest BCUT2D eigenvalue weighted by Gasteiger charge is -2.01. The molecule has 0 unspecified atom stereocenters. The number of carbonyl (C=O) groups is 1. The van der Waals surface area contributed by atoms with Crippen molar-refractivity contribution in [3.05, 3.63) is 95.7 Å². The molecule has 0 fully saturated rings. The molecule has 0 saturated carbocycles. The van der Waals surface area contributed by atoms with Crippen LogP contribution in [0.4, 0.5) is 0 Å². The van der Waals surface area contributed by atoms with Crippen LogP contribution in [0.25, 0.3) is 22.9 Å². The second kappa shape index (κ2) is 6.57. The van der Waals surface area contributed by atoms with Crippen molar-refractivity contribution < 1.29 is 9.53 Å². The third-order valence-corrected chi connectivity index (χ3v) is 3.97. The third kappa shape index (κ3) is 3.26. The zero-order chi connectivity index (χ0) is 17.1. The average molecular weight is 325 g/mol. The lowest BCUT2D eigenvalue weighted by Crippen LogP contribution is -2.01. The van der Waals surface area contributed by atoms with E-state index in [2.05, 4.69) is 4.99 Å². The lowest BCUT2D eigenvalue weighted by molar-refractivity contribution is -0.129.